The van der Waals surface area contributed by atoms with Crippen LogP contribution in [0.15, 0.2) is 5.38 Å². The second kappa shape index (κ2) is 5.48. The molecule has 3 heterocycles. The summed E-state index contributed by atoms with van der Waals surface area (Å²) in [6, 6.07) is 0. The number of nitrogens with zero attached hydrogens (tertiary/aromatic N) is 1. The third-order valence-electron chi connectivity index (χ3n) is 4.27. The van der Waals surface area contributed by atoms with Gasteiger partial charge in [-0.2, -0.15) is 0 Å². The molecule has 1 spiro atoms. The summed E-state index contributed by atoms with van der Waals surface area (Å²) in [5, 5.41) is 13.4. The largest absolute Gasteiger partial charge is 0.386 e. The third-order valence-corrected chi connectivity index (χ3v) is 5.30. The Morgan fingerprint density at radius 1 is 1.42 bits per heavy atom. The lowest BCUT2D eigenvalue weighted by molar-refractivity contribution is -0.159. The monoisotopic (exact) mass is 283 g/mol. The van der Waals surface area contributed by atoms with Crippen molar-refractivity contribution < 1.29 is 14.6 Å². The highest BCUT2D eigenvalue weighted by Crippen LogP contribution is 2.42. The fourth-order valence-corrected chi connectivity index (χ4v) is 4.01. The summed E-state index contributed by atoms with van der Waals surface area (Å²) in [7, 11) is 0. The zero-order valence-electron chi connectivity index (χ0n) is 11.3. The lowest BCUT2D eigenvalue weighted by Gasteiger charge is -2.44. The Morgan fingerprint density at radius 2 is 2.21 bits per heavy atom. The highest BCUT2D eigenvalue weighted by atomic mass is 32.1. The Balaban J connectivity index is 1.70. The quantitative estimate of drug-likeness (QED) is 0.906. The van der Waals surface area contributed by atoms with Crippen molar-refractivity contribution >= 4 is 11.3 Å². The van der Waals surface area contributed by atoms with E-state index in [-0.39, 0.29) is 11.5 Å². The van der Waals surface area contributed by atoms with Gasteiger partial charge < -0.3 is 14.6 Å². The molecule has 0 saturated carbocycles. The van der Waals surface area contributed by atoms with Gasteiger partial charge in [-0.25, -0.2) is 4.98 Å². The maximum absolute atomic E-state index is 10.5. The number of aryl methyl sites for hydroxylation is 1. The van der Waals surface area contributed by atoms with Crippen LogP contribution >= 0.6 is 11.3 Å². The van der Waals surface area contributed by atoms with Crippen LogP contribution in [0.2, 0.25) is 0 Å². The van der Waals surface area contributed by atoms with Gasteiger partial charge >= 0.3 is 0 Å². The van der Waals surface area contributed by atoms with E-state index in [1.54, 1.807) is 11.3 Å². The molecule has 1 aromatic rings. The van der Waals surface area contributed by atoms with Gasteiger partial charge in [-0.1, -0.05) is 0 Å². The fraction of sp³-hybridized carbons (Fsp3) is 0.786. The molecule has 1 aromatic heterocycles. The normalized spacial score (nSPS) is 28.4. The number of thiazole rings is 1. The van der Waals surface area contributed by atoms with Crippen LogP contribution < -0.4 is 0 Å². The predicted molar refractivity (Wildman–Crippen MR) is 73.3 cm³/mol. The molecule has 0 bridgehead atoms. The van der Waals surface area contributed by atoms with Crippen molar-refractivity contribution in [1.82, 2.24) is 4.98 Å². The number of aromatic nitrogens is 1. The van der Waals surface area contributed by atoms with E-state index < -0.39 is 6.10 Å². The second-order valence-electron chi connectivity index (χ2n) is 5.67. The van der Waals surface area contributed by atoms with Crippen molar-refractivity contribution in [3.8, 4) is 0 Å². The molecule has 2 saturated heterocycles. The number of hydrogen-bond donors (Lipinski definition) is 1. The van der Waals surface area contributed by atoms with Crippen molar-refractivity contribution in [3.05, 3.63) is 16.1 Å². The summed E-state index contributed by atoms with van der Waals surface area (Å²) in [6.45, 7) is 4.26. The minimum atomic E-state index is -0.442. The minimum Gasteiger partial charge on any atom is -0.386 e. The smallest absolute Gasteiger partial charge is 0.122 e. The van der Waals surface area contributed by atoms with Crippen LogP contribution in [-0.4, -0.2) is 35.5 Å². The summed E-state index contributed by atoms with van der Waals surface area (Å²) >= 11 is 1.56. The van der Waals surface area contributed by atoms with E-state index in [1.165, 1.54) is 0 Å². The van der Waals surface area contributed by atoms with Gasteiger partial charge in [0.05, 0.1) is 5.60 Å². The van der Waals surface area contributed by atoms with Crippen molar-refractivity contribution in [2.45, 2.75) is 44.3 Å². The molecule has 2 fully saturated rings. The highest BCUT2D eigenvalue weighted by molar-refractivity contribution is 7.09. The zero-order valence-corrected chi connectivity index (χ0v) is 12.1. The molecule has 2 unspecified atom stereocenters. The molecule has 2 atom stereocenters. The van der Waals surface area contributed by atoms with Gasteiger partial charge in [-0.15, -0.1) is 11.3 Å². The zero-order chi connectivity index (χ0) is 13.3. The van der Waals surface area contributed by atoms with Gasteiger partial charge in [0.1, 0.15) is 11.1 Å². The minimum absolute atomic E-state index is 0.0611. The Hall–Kier alpha value is -0.490. The molecule has 5 heteroatoms. The molecule has 106 valence electrons. The molecule has 0 aromatic carbocycles. The summed E-state index contributed by atoms with van der Waals surface area (Å²) in [4.78, 5) is 4.42. The molecule has 0 radical (unpaired) electrons. The lowest BCUT2D eigenvalue weighted by Crippen LogP contribution is -2.45. The second-order valence-corrected chi connectivity index (χ2v) is 6.56. The number of aliphatic hydroxyl groups is 1. The fourth-order valence-electron chi connectivity index (χ4n) is 3.14. The molecule has 2 aliphatic heterocycles. The Morgan fingerprint density at radius 3 is 2.89 bits per heavy atom. The van der Waals surface area contributed by atoms with Crippen LogP contribution in [0.25, 0.3) is 0 Å². The third kappa shape index (κ3) is 2.84. The lowest BCUT2D eigenvalue weighted by atomic mass is 9.78. The number of rotatable bonds is 2. The van der Waals surface area contributed by atoms with E-state index in [2.05, 4.69) is 4.98 Å². The van der Waals surface area contributed by atoms with E-state index >= 15 is 0 Å². The summed E-state index contributed by atoms with van der Waals surface area (Å²) in [5.41, 5.74) is 0.931. The van der Waals surface area contributed by atoms with Crippen LogP contribution in [0.5, 0.6) is 0 Å². The molecule has 3 rings (SSSR count). The van der Waals surface area contributed by atoms with Gasteiger partial charge in [-0.05, 0) is 38.5 Å². The Bertz CT molecular complexity index is 423. The van der Waals surface area contributed by atoms with Crippen LogP contribution in [0.3, 0.4) is 0 Å². The standard InChI is InChI=1S/C14H21NO3S/c1-10-9-19-13(15-10)12(16)11-2-5-18-14(8-11)3-6-17-7-4-14/h9,11-12,16H,2-8H2,1H3. The number of ether oxygens (including phenoxy) is 2. The van der Waals surface area contributed by atoms with E-state index in [1.807, 2.05) is 12.3 Å². The van der Waals surface area contributed by atoms with E-state index in [4.69, 9.17) is 9.47 Å². The van der Waals surface area contributed by atoms with Crippen molar-refractivity contribution in [2.24, 2.45) is 5.92 Å². The SMILES string of the molecule is Cc1csc(C(O)C2CCOC3(CCOCC3)C2)n1. The number of hydrogen-bond acceptors (Lipinski definition) is 5. The van der Waals surface area contributed by atoms with Crippen molar-refractivity contribution in [1.29, 1.82) is 0 Å². The maximum atomic E-state index is 10.5. The van der Waals surface area contributed by atoms with Crippen LogP contribution in [0.1, 0.15) is 42.5 Å². The van der Waals surface area contributed by atoms with Crippen LogP contribution in [-0.2, 0) is 9.47 Å². The predicted octanol–water partition coefficient (Wildman–Crippen LogP) is 2.46. The van der Waals surface area contributed by atoms with Gasteiger partial charge in [-0.3, -0.25) is 0 Å². The summed E-state index contributed by atoms with van der Waals surface area (Å²) in [6.07, 6.45) is 3.31. The van der Waals surface area contributed by atoms with Crippen LogP contribution in [0, 0.1) is 12.8 Å². The molecule has 0 aliphatic carbocycles. The van der Waals surface area contributed by atoms with Gasteiger partial charge in [0, 0.05) is 30.9 Å². The molecule has 4 nitrogen and oxygen atoms in total. The topological polar surface area (TPSA) is 51.6 Å². The molecule has 0 amide bonds. The Labute approximate surface area is 117 Å². The summed E-state index contributed by atoms with van der Waals surface area (Å²) < 4.78 is 11.4. The van der Waals surface area contributed by atoms with Gasteiger partial charge in [0.25, 0.3) is 0 Å². The number of aliphatic hydroxyl groups excluding tert-OH is 1. The summed E-state index contributed by atoms with van der Waals surface area (Å²) in [5.74, 6) is 0.261. The Kier molecular flexibility index (Phi) is 3.89. The first kappa shape index (κ1) is 13.5. The highest BCUT2D eigenvalue weighted by Gasteiger charge is 2.41. The van der Waals surface area contributed by atoms with Gasteiger partial charge in [0.15, 0.2) is 0 Å². The van der Waals surface area contributed by atoms with Crippen LogP contribution in [0.4, 0.5) is 0 Å². The van der Waals surface area contributed by atoms with Gasteiger partial charge in [0.2, 0.25) is 0 Å². The maximum Gasteiger partial charge on any atom is 0.122 e. The molecule has 1 N–H and O–H groups in total. The molecular weight excluding hydrogens is 262 g/mol. The average Bonchev–Trinajstić information content (AvgIpc) is 2.85. The first-order chi connectivity index (χ1) is 9.19. The first-order valence-corrected chi connectivity index (χ1v) is 7.88. The molecular formula is C14H21NO3S. The van der Waals surface area contributed by atoms with E-state index in [0.717, 1.165) is 56.2 Å². The first-order valence-electron chi connectivity index (χ1n) is 7.00. The van der Waals surface area contributed by atoms with Crippen molar-refractivity contribution in [2.75, 3.05) is 19.8 Å². The molecule has 2 aliphatic rings. The molecule has 19 heavy (non-hydrogen) atoms. The van der Waals surface area contributed by atoms with Crippen molar-refractivity contribution in [3.63, 3.8) is 0 Å². The van der Waals surface area contributed by atoms with E-state index in [9.17, 15) is 5.11 Å². The van der Waals surface area contributed by atoms with E-state index in [0.29, 0.717) is 0 Å². The average molecular weight is 283 g/mol.